The number of amides is 1. The molecule has 0 aliphatic carbocycles. The molecule has 5 nitrogen and oxygen atoms in total. The lowest BCUT2D eigenvalue weighted by molar-refractivity contribution is 0.0189. The van der Waals surface area contributed by atoms with Gasteiger partial charge < -0.3 is 19.9 Å². The molecule has 3 heterocycles. The number of piperidine rings is 1. The summed E-state index contributed by atoms with van der Waals surface area (Å²) in [5.41, 5.74) is 5.40. The zero-order chi connectivity index (χ0) is 23.3. The number of rotatable bonds is 2. The van der Waals surface area contributed by atoms with Crippen LogP contribution in [0.1, 0.15) is 44.2 Å². The van der Waals surface area contributed by atoms with Gasteiger partial charge >= 0.3 is 6.09 Å². The minimum atomic E-state index is -0.492. The van der Waals surface area contributed by atoms with Gasteiger partial charge in [-0.25, -0.2) is 4.79 Å². The minimum Gasteiger partial charge on any atom is -0.444 e. The molecular formula is C25H29Cl2N3O2S. The van der Waals surface area contributed by atoms with E-state index in [1.807, 2.05) is 49.6 Å². The molecule has 3 aliphatic heterocycles. The van der Waals surface area contributed by atoms with Crippen LogP contribution in [0.15, 0.2) is 30.3 Å². The molecule has 0 bridgehead atoms. The van der Waals surface area contributed by atoms with E-state index in [0.717, 1.165) is 42.4 Å². The average Bonchev–Trinajstić information content (AvgIpc) is 2.89. The largest absolute Gasteiger partial charge is 0.444 e. The van der Waals surface area contributed by atoms with E-state index < -0.39 is 5.60 Å². The third-order valence-corrected chi connectivity index (χ3v) is 8.01. The Balaban J connectivity index is 1.48. The van der Waals surface area contributed by atoms with Crippen LogP contribution in [0.4, 0.5) is 21.9 Å². The summed E-state index contributed by atoms with van der Waals surface area (Å²) in [5.74, 6) is 2.36. The standard InChI is InChI=1S/C25H29Cl2N3O2S/c1-25(2,3)32-24(31)29-7-6-22-19(13-29)18-12-17(28-21-5-4-16(26)11-20(21)27)10-15-14-33-9-8-30(22)23(15)18/h4-5,10-12,19,22,28H,6-9,13-14H2,1-3H3/t19-,22-/m0/s1. The van der Waals surface area contributed by atoms with Crippen LogP contribution in [0.3, 0.4) is 0 Å². The second-order valence-corrected chi connectivity index (χ2v) is 11.9. The molecule has 1 amide bonds. The van der Waals surface area contributed by atoms with Crippen LogP contribution >= 0.6 is 35.0 Å². The maximum atomic E-state index is 12.8. The molecule has 1 N–H and O–H groups in total. The first kappa shape index (κ1) is 23.0. The molecule has 0 unspecified atom stereocenters. The van der Waals surface area contributed by atoms with Crippen LogP contribution < -0.4 is 10.2 Å². The second kappa shape index (κ2) is 8.79. The highest BCUT2D eigenvalue weighted by molar-refractivity contribution is 7.98. The summed E-state index contributed by atoms with van der Waals surface area (Å²) >= 11 is 14.5. The molecular weight excluding hydrogens is 477 g/mol. The Hall–Kier alpha value is -1.76. The molecule has 2 aromatic carbocycles. The van der Waals surface area contributed by atoms with Crippen LogP contribution in [0, 0.1) is 0 Å². The molecule has 0 radical (unpaired) electrons. The predicted octanol–water partition coefficient (Wildman–Crippen LogP) is 6.90. The number of nitrogens with one attached hydrogen (secondary N) is 1. The lowest BCUT2D eigenvalue weighted by atomic mass is 9.88. The molecule has 1 saturated heterocycles. The van der Waals surface area contributed by atoms with E-state index in [4.69, 9.17) is 27.9 Å². The van der Waals surface area contributed by atoms with Crippen molar-refractivity contribution in [1.82, 2.24) is 4.90 Å². The normalized spacial score (nSPS) is 21.8. The summed E-state index contributed by atoms with van der Waals surface area (Å²) in [7, 11) is 0. The fourth-order valence-electron chi connectivity index (χ4n) is 5.18. The first-order valence-corrected chi connectivity index (χ1v) is 13.3. The summed E-state index contributed by atoms with van der Waals surface area (Å²) in [5, 5.41) is 4.71. The van der Waals surface area contributed by atoms with Crippen molar-refractivity contribution in [2.75, 3.05) is 35.6 Å². The second-order valence-electron chi connectivity index (χ2n) is 9.96. The zero-order valence-electron chi connectivity index (χ0n) is 19.2. The number of carbonyl (C=O) groups is 1. The van der Waals surface area contributed by atoms with Crippen LogP contribution in [0.25, 0.3) is 0 Å². The van der Waals surface area contributed by atoms with Crippen LogP contribution in [0.5, 0.6) is 0 Å². The molecule has 0 saturated carbocycles. The van der Waals surface area contributed by atoms with Crippen molar-refractivity contribution < 1.29 is 9.53 Å². The van der Waals surface area contributed by atoms with Gasteiger partial charge in [0.15, 0.2) is 0 Å². The van der Waals surface area contributed by atoms with Gasteiger partial charge in [-0.3, -0.25) is 0 Å². The number of halogens is 2. The lowest BCUT2D eigenvalue weighted by Gasteiger charge is -2.39. The van der Waals surface area contributed by atoms with E-state index in [1.165, 1.54) is 16.8 Å². The molecule has 2 aromatic rings. The van der Waals surface area contributed by atoms with Crippen molar-refractivity contribution in [3.63, 3.8) is 0 Å². The Labute approximate surface area is 209 Å². The Bertz CT molecular complexity index is 1090. The van der Waals surface area contributed by atoms with Gasteiger partial charge in [0.2, 0.25) is 0 Å². The molecule has 8 heteroatoms. The summed E-state index contributed by atoms with van der Waals surface area (Å²) in [6.45, 7) is 8.21. The van der Waals surface area contributed by atoms with E-state index in [0.29, 0.717) is 22.6 Å². The van der Waals surface area contributed by atoms with Crippen molar-refractivity contribution in [1.29, 1.82) is 0 Å². The van der Waals surface area contributed by atoms with Gasteiger partial charge in [-0.15, -0.1) is 0 Å². The third-order valence-electron chi connectivity index (χ3n) is 6.48. The molecule has 0 spiro atoms. The number of fused-ring (bicyclic) bond motifs is 3. The number of hydrogen-bond acceptors (Lipinski definition) is 5. The SMILES string of the molecule is CC(C)(C)OC(=O)N1CC[C@H]2[C@@H](C1)c1cc(Nc3ccc(Cl)cc3Cl)cc3c1N2CCSC3. The number of thioether (sulfide) groups is 1. The summed E-state index contributed by atoms with van der Waals surface area (Å²) in [4.78, 5) is 17.3. The monoisotopic (exact) mass is 505 g/mol. The summed E-state index contributed by atoms with van der Waals surface area (Å²) < 4.78 is 5.68. The maximum Gasteiger partial charge on any atom is 0.410 e. The molecule has 1 fully saturated rings. The highest BCUT2D eigenvalue weighted by Gasteiger charge is 2.45. The average molecular weight is 506 g/mol. The number of nitrogens with zero attached hydrogens (tertiary/aromatic N) is 2. The van der Waals surface area contributed by atoms with Gasteiger partial charge in [0, 0.05) is 59.5 Å². The van der Waals surface area contributed by atoms with E-state index in [9.17, 15) is 4.79 Å². The van der Waals surface area contributed by atoms with Crippen molar-refractivity contribution in [3.8, 4) is 0 Å². The third kappa shape index (κ3) is 4.62. The molecule has 33 heavy (non-hydrogen) atoms. The maximum absolute atomic E-state index is 12.8. The fourth-order valence-corrected chi connectivity index (χ4v) is 6.55. The quantitative estimate of drug-likeness (QED) is 0.480. The lowest BCUT2D eigenvalue weighted by Crippen LogP contribution is -2.49. The van der Waals surface area contributed by atoms with Gasteiger partial charge in [0.05, 0.1) is 10.7 Å². The molecule has 176 valence electrons. The fraction of sp³-hybridized carbons (Fsp3) is 0.480. The summed E-state index contributed by atoms with van der Waals surface area (Å²) in [6, 6.07) is 10.4. The van der Waals surface area contributed by atoms with E-state index in [2.05, 4.69) is 22.3 Å². The van der Waals surface area contributed by atoms with Gasteiger partial charge in [0.1, 0.15) is 5.60 Å². The number of hydrogen-bond donors (Lipinski definition) is 1. The van der Waals surface area contributed by atoms with Crippen molar-refractivity contribution >= 4 is 58.1 Å². The number of anilines is 3. The molecule has 3 aliphatic rings. The number of likely N-dealkylation sites (tertiary alicyclic amines) is 1. The van der Waals surface area contributed by atoms with Crippen LogP contribution in [-0.4, -0.2) is 48.0 Å². The Morgan fingerprint density at radius 1 is 1.18 bits per heavy atom. The van der Waals surface area contributed by atoms with Crippen LogP contribution in [-0.2, 0) is 10.5 Å². The Morgan fingerprint density at radius 3 is 2.76 bits per heavy atom. The van der Waals surface area contributed by atoms with Gasteiger partial charge in [-0.1, -0.05) is 23.2 Å². The minimum absolute atomic E-state index is 0.217. The number of benzene rings is 2. The van der Waals surface area contributed by atoms with Crippen LogP contribution in [0.2, 0.25) is 10.0 Å². The Kier molecular flexibility index (Phi) is 6.13. The highest BCUT2D eigenvalue weighted by Crippen LogP contribution is 2.50. The first-order chi connectivity index (χ1) is 15.7. The molecule has 5 rings (SSSR count). The van der Waals surface area contributed by atoms with Gasteiger partial charge in [-0.05, 0) is 68.7 Å². The van der Waals surface area contributed by atoms with E-state index in [-0.39, 0.29) is 12.0 Å². The van der Waals surface area contributed by atoms with Crippen molar-refractivity contribution in [3.05, 3.63) is 51.5 Å². The smallest absolute Gasteiger partial charge is 0.410 e. The number of ether oxygens (including phenoxy) is 1. The predicted molar refractivity (Wildman–Crippen MR) is 139 cm³/mol. The van der Waals surface area contributed by atoms with Gasteiger partial charge in [-0.2, -0.15) is 11.8 Å². The topological polar surface area (TPSA) is 44.8 Å². The van der Waals surface area contributed by atoms with Gasteiger partial charge in [0.25, 0.3) is 0 Å². The highest BCUT2D eigenvalue weighted by atomic mass is 35.5. The van der Waals surface area contributed by atoms with Crippen molar-refractivity contribution in [2.45, 2.75) is 50.5 Å². The Morgan fingerprint density at radius 2 is 2.00 bits per heavy atom. The van der Waals surface area contributed by atoms with E-state index >= 15 is 0 Å². The number of carbonyl (C=O) groups excluding carboxylic acids is 1. The summed E-state index contributed by atoms with van der Waals surface area (Å²) in [6.07, 6.45) is 0.736. The zero-order valence-corrected chi connectivity index (χ0v) is 21.5. The molecule has 0 aromatic heterocycles. The first-order valence-electron chi connectivity index (χ1n) is 11.4. The molecule has 2 atom stereocenters. The van der Waals surface area contributed by atoms with E-state index in [1.54, 1.807) is 6.07 Å². The van der Waals surface area contributed by atoms with Crippen molar-refractivity contribution in [2.24, 2.45) is 0 Å².